The average Bonchev–Trinajstić information content (AvgIpc) is 2.64. The number of hydrogen-bond donors (Lipinski definition) is 2. The van der Waals surface area contributed by atoms with Crippen LogP contribution in [0.5, 0.6) is 0 Å². The summed E-state index contributed by atoms with van der Waals surface area (Å²) in [6.45, 7) is 0. The monoisotopic (exact) mass is 348 g/mol. The number of anilines is 3. The third kappa shape index (κ3) is 4.14. The van der Waals surface area contributed by atoms with Crippen LogP contribution in [0.3, 0.4) is 0 Å². The van der Waals surface area contributed by atoms with E-state index >= 15 is 0 Å². The van der Waals surface area contributed by atoms with Gasteiger partial charge >= 0.3 is 0 Å². The smallest absolute Gasteiger partial charge is 0.257 e. The molecule has 0 bridgehead atoms. The van der Waals surface area contributed by atoms with Crippen LogP contribution in [0.1, 0.15) is 15.9 Å². The van der Waals surface area contributed by atoms with E-state index in [9.17, 15) is 4.79 Å². The van der Waals surface area contributed by atoms with Gasteiger partial charge in [0, 0.05) is 11.9 Å². The Morgan fingerprint density at radius 1 is 1.04 bits per heavy atom. The minimum atomic E-state index is -0.314. The van der Waals surface area contributed by atoms with Gasteiger partial charge in [-0.25, -0.2) is 0 Å². The number of pyridine rings is 1. The zero-order chi connectivity index (χ0) is 17.6. The molecule has 0 aliphatic heterocycles. The molecule has 0 spiro atoms. The molecule has 0 aliphatic carbocycles. The van der Waals surface area contributed by atoms with Crippen LogP contribution >= 0.6 is 11.6 Å². The molecule has 0 atom stereocenters. The van der Waals surface area contributed by atoms with Gasteiger partial charge in [0.05, 0.1) is 39.8 Å². The SMILES string of the molecule is N#Cc1cccc(NC(=O)c2cncc(Nc3ccccc3Cl)c2)c1. The van der Waals surface area contributed by atoms with Gasteiger partial charge in [0.15, 0.2) is 0 Å². The number of aromatic nitrogens is 1. The Hall–Kier alpha value is -3.36. The van der Waals surface area contributed by atoms with E-state index in [-0.39, 0.29) is 5.91 Å². The van der Waals surface area contributed by atoms with Crippen molar-refractivity contribution in [2.45, 2.75) is 0 Å². The van der Waals surface area contributed by atoms with Crippen molar-refractivity contribution in [3.8, 4) is 6.07 Å². The fourth-order valence-corrected chi connectivity index (χ4v) is 2.40. The molecule has 0 radical (unpaired) electrons. The van der Waals surface area contributed by atoms with Gasteiger partial charge in [0.1, 0.15) is 0 Å². The number of nitrogens with zero attached hydrogens (tertiary/aromatic N) is 2. The van der Waals surface area contributed by atoms with E-state index in [0.29, 0.717) is 27.5 Å². The molecule has 5 nitrogen and oxygen atoms in total. The number of para-hydroxylation sites is 1. The van der Waals surface area contributed by atoms with Crippen molar-refractivity contribution in [2.24, 2.45) is 0 Å². The summed E-state index contributed by atoms with van der Waals surface area (Å²) in [5.74, 6) is -0.314. The van der Waals surface area contributed by atoms with E-state index < -0.39 is 0 Å². The molecule has 3 aromatic rings. The number of hydrogen-bond acceptors (Lipinski definition) is 4. The molecule has 122 valence electrons. The maximum atomic E-state index is 12.4. The first-order valence-electron chi connectivity index (χ1n) is 7.44. The number of nitriles is 1. The largest absolute Gasteiger partial charge is 0.353 e. The highest BCUT2D eigenvalue weighted by molar-refractivity contribution is 6.33. The maximum Gasteiger partial charge on any atom is 0.257 e. The van der Waals surface area contributed by atoms with Crippen LogP contribution < -0.4 is 10.6 Å². The Kier molecular flexibility index (Phi) is 4.93. The molecular weight excluding hydrogens is 336 g/mol. The lowest BCUT2D eigenvalue weighted by Gasteiger charge is -2.10. The number of nitrogens with one attached hydrogen (secondary N) is 2. The lowest BCUT2D eigenvalue weighted by Crippen LogP contribution is -2.12. The van der Waals surface area contributed by atoms with Crippen LogP contribution in [-0.2, 0) is 0 Å². The van der Waals surface area contributed by atoms with Crippen LogP contribution in [0.25, 0.3) is 0 Å². The van der Waals surface area contributed by atoms with Crippen molar-refractivity contribution < 1.29 is 4.79 Å². The summed E-state index contributed by atoms with van der Waals surface area (Å²) in [4.78, 5) is 16.5. The van der Waals surface area contributed by atoms with Gasteiger partial charge in [-0.2, -0.15) is 5.26 Å². The molecule has 0 unspecified atom stereocenters. The number of carbonyl (C=O) groups excluding carboxylic acids is 1. The fourth-order valence-electron chi connectivity index (χ4n) is 2.22. The molecule has 2 N–H and O–H groups in total. The number of amides is 1. The standard InChI is InChI=1S/C19H13ClN4O/c20-17-6-1-2-7-18(17)23-16-9-14(11-22-12-16)19(25)24-15-5-3-4-13(8-15)10-21/h1-9,11-12,23H,(H,24,25). The molecule has 1 aromatic heterocycles. The molecule has 0 fully saturated rings. The molecule has 0 saturated carbocycles. The Balaban J connectivity index is 1.77. The third-order valence-electron chi connectivity index (χ3n) is 3.40. The van der Waals surface area contributed by atoms with Crippen LogP contribution in [0, 0.1) is 11.3 Å². The number of rotatable bonds is 4. The Morgan fingerprint density at radius 2 is 1.88 bits per heavy atom. The normalized spacial score (nSPS) is 9.92. The summed E-state index contributed by atoms with van der Waals surface area (Å²) < 4.78 is 0. The molecule has 1 heterocycles. The molecule has 0 aliphatic rings. The predicted molar refractivity (Wildman–Crippen MR) is 98.1 cm³/mol. The van der Waals surface area contributed by atoms with E-state index in [0.717, 1.165) is 5.69 Å². The van der Waals surface area contributed by atoms with Crippen LogP contribution in [0.2, 0.25) is 5.02 Å². The zero-order valence-electron chi connectivity index (χ0n) is 13.0. The predicted octanol–water partition coefficient (Wildman–Crippen LogP) is 4.60. The summed E-state index contributed by atoms with van der Waals surface area (Å²) in [5.41, 5.74) is 2.79. The van der Waals surface area contributed by atoms with E-state index in [1.807, 2.05) is 24.3 Å². The van der Waals surface area contributed by atoms with Gasteiger partial charge in [-0.15, -0.1) is 0 Å². The second kappa shape index (κ2) is 7.47. The zero-order valence-corrected chi connectivity index (χ0v) is 13.8. The number of carbonyl (C=O) groups is 1. The van der Waals surface area contributed by atoms with Crippen LogP contribution in [-0.4, -0.2) is 10.9 Å². The second-order valence-electron chi connectivity index (χ2n) is 5.21. The van der Waals surface area contributed by atoms with E-state index in [2.05, 4.69) is 15.6 Å². The summed E-state index contributed by atoms with van der Waals surface area (Å²) >= 11 is 6.12. The molecule has 2 aromatic carbocycles. The summed E-state index contributed by atoms with van der Waals surface area (Å²) in [7, 11) is 0. The van der Waals surface area contributed by atoms with E-state index in [4.69, 9.17) is 16.9 Å². The Bertz CT molecular complexity index is 965. The fraction of sp³-hybridized carbons (Fsp3) is 0. The van der Waals surface area contributed by atoms with Gasteiger partial charge < -0.3 is 10.6 Å². The molecule has 0 saturated heterocycles. The van der Waals surface area contributed by atoms with Gasteiger partial charge in [-0.1, -0.05) is 29.8 Å². The van der Waals surface area contributed by atoms with Gasteiger partial charge in [0.2, 0.25) is 0 Å². The Labute approximate surface area is 149 Å². The molecular formula is C19H13ClN4O. The highest BCUT2D eigenvalue weighted by Gasteiger charge is 2.09. The number of halogens is 1. The van der Waals surface area contributed by atoms with E-state index in [1.165, 1.54) is 6.20 Å². The molecule has 1 amide bonds. The van der Waals surface area contributed by atoms with Crippen LogP contribution in [0.4, 0.5) is 17.1 Å². The van der Waals surface area contributed by atoms with Crippen molar-refractivity contribution in [1.82, 2.24) is 4.98 Å². The van der Waals surface area contributed by atoms with Crippen LogP contribution in [0.15, 0.2) is 67.0 Å². The highest BCUT2D eigenvalue weighted by Crippen LogP contribution is 2.25. The first-order valence-corrected chi connectivity index (χ1v) is 7.81. The molecule has 3 rings (SSSR count). The maximum absolute atomic E-state index is 12.4. The van der Waals surface area contributed by atoms with Gasteiger partial charge in [-0.3, -0.25) is 9.78 Å². The average molecular weight is 349 g/mol. The molecule has 25 heavy (non-hydrogen) atoms. The van der Waals surface area contributed by atoms with Crippen molar-refractivity contribution >= 4 is 34.6 Å². The van der Waals surface area contributed by atoms with Crippen molar-refractivity contribution in [3.05, 3.63) is 83.1 Å². The topological polar surface area (TPSA) is 77.8 Å². The van der Waals surface area contributed by atoms with Crippen molar-refractivity contribution in [3.63, 3.8) is 0 Å². The lowest BCUT2D eigenvalue weighted by molar-refractivity contribution is 0.102. The summed E-state index contributed by atoms with van der Waals surface area (Å²) in [5, 5.41) is 15.4. The first-order chi connectivity index (χ1) is 12.2. The second-order valence-corrected chi connectivity index (χ2v) is 5.62. The third-order valence-corrected chi connectivity index (χ3v) is 3.73. The van der Waals surface area contributed by atoms with Crippen molar-refractivity contribution in [1.29, 1.82) is 5.26 Å². The quantitative estimate of drug-likeness (QED) is 0.722. The first kappa shape index (κ1) is 16.5. The minimum Gasteiger partial charge on any atom is -0.353 e. The number of benzene rings is 2. The lowest BCUT2D eigenvalue weighted by atomic mass is 10.2. The highest BCUT2D eigenvalue weighted by atomic mass is 35.5. The van der Waals surface area contributed by atoms with E-state index in [1.54, 1.807) is 42.6 Å². The van der Waals surface area contributed by atoms with Gasteiger partial charge in [-0.05, 0) is 36.4 Å². The molecule has 6 heteroatoms. The van der Waals surface area contributed by atoms with Crippen molar-refractivity contribution in [2.75, 3.05) is 10.6 Å². The van der Waals surface area contributed by atoms with Gasteiger partial charge in [0.25, 0.3) is 5.91 Å². The summed E-state index contributed by atoms with van der Waals surface area (Å²) in [6, 6.07) is 17.7. The minimum absolute atomic E-state index is 0.314. The summed E-state index contributed by atoms with van der Waals surface area (Å²) in [6.07, 6.45) is 3.08. The Morgan fingerprint density at radius 3 is 2.68 bits per heavy atom.